The second kappa shape index (κ2) is 7.97. The summed E-state index contributed by atoms with van der Waals surface area (Å²) >= 11 is 0. The van der Waals surface area contributed by atoms with Crippen molar-refractivity contribution in [3.63, 3.8) is 0 Å². The third-order valence-electron chi connectivity index (χ3n) is 5.20. The van der Waals surface area contributed by atoms with E-state index in [0.717, 1.165) is 11.1 Å². The van der Waals surface area contributed by atoms with Crippen molar-refractivity contribution in [3.8, 4) is 6.07 Å². The molecule has 0 N–H and O–H groups in total. The molecule has 0 spiro atoms. The number of hydrogen-bond donors (Lipinski definition) is 0. The van der Waals surface area contributed by atoms with E-state index >= 15 is 0 Å². The summed E-state index contributed by atoms with van der Waals surface area (Å²) in [5.41, 5.74) is 2.11. The standard InChI is InChI=1S/C23H21NO4/c1-15-13-26-22-19(14-27-21(15)22)28-23(25)18(12-24)20(16-8-4-2-5-9-16)17-10-6-3-7-11-17/h2-11,15,19,21-22H,13-14H2,1H3. The molecule has 2 aromatic rings. The zero-order valence-electron chi connectivity index (χ0n) is 15.6. The van der Waals surface area contributed by atoms with E-state index in [0.29, 0.717) is 12.2 Å². The predicted octanol–water partition coefficient (Wildman–Crippen LogP) is 3.36. The summed E-state index contributed by atoms with van der Waals surface area (Å²) in [6.45, 7) is 2.93. The highest BCUT2D eigenvalue weighted by atomic mass is 16.6. The summed E-state index contributed by atoms with van der Waals surface area (Å²) in [6, 6.07) is 20.9. The molecule has 2 fully saturated rings. The van der Waals surface area contributed by atoms with Crippen LogP contribution < -0.4 is 0 Å². The van der Waals surface area contributed by atoms with Crippen molar-refractivity contribution in [2.45, 2.75) is 25.2 Å². The third-order valence-corrected chi connectivity index (χ3v) is 5.20. The van der Waals surface area contributed by atoms with E-state index in [1.54, 1.807) is 0 Å². The second-order valence-electron chi connectivity index (χ2n) is 7.11. The molecule has 0 amide bonds. The highest BCUT2D eigenvalue weighted by Crippen LogP contribution is 2.33. The van der Waals surface area contributed by atoms with E-state index in [1.807, 2.05) is 60.7 Å². The number of rotatable bonds is 4. The van der Waals surface area contributed by atoms with Crippen LogP contribution in [0.25, 0.3) is 5.57 Å². The van der Waals surface area contributed by atoms with Gasteiger partial charge in [0.05, 0.1) is 19.3 Å². The minimum absolute atomic E-state index is 0.0214. The van der Waals surface area contributed by atoms with Gasteiger partial charge in [-0.1, -0.05) is 67.6 Å². The molecule has 2 heterocycles. The van der Waals surface area contributed by atoms with E-state index < -0.39 is 12.1 Å². The molecule has 0 radical (unpaired) electrons. The number of carbonyl (C=O) groups excluding carboxylic acids is 1. The Bertz CT molecular complexity index is 875. The van der Waals surface area contributed by atoms with Crippen LogP contribution in [0.3, 0.4) is 0 Å². The lowest BCUT2D eigenvalue weighted by molar-refractivity contribution is -0.148. The van der Waals surface area contributed by atoms with Gasteiger partial charge in [0.15, 0.2) is 6.10 Å². The Labute approximate surface area is 164 Å². The number of nitriles is 1. The van der Waals surface area contributed by atoms with Gasteiger partial charge in [-0.15, -0.1) is 0 Å². The van der Waals surface area contributed by atoms with Crippen LogP contribution in [0.4, 0.5) is 0 Å². The molecule has 0 aromatic heterocycles. The van der Waals surface area contributed by atoms with Crippen molar-refractivity contribution >= 4 is 11.5 Å². The minimum Gasteiger partial charge on any atom is -0.453 e. The van der Waals surface area contributed by atoms with Gasteiger partial charge in [0.2, 0.25) is 0 Å². The van der Waals surface area contributed by atoms with Gasteiger partial charge in [-0.2, -0.15) is 5.26 Å². The van der Waals surface area contributed by atoms with Crippen molar-refractivity contribution in [2.75, 3.05) is 13.2 Å². The van der Waals surface area contributed by atoms with E-state index in [2.05, 4.69) is 13.0 Å². The SMILES string of the molecule is CC1COC2C(OC(=O)C(C#N)=C(c3ccccc3)c3ccccc3)COC12. The van der Waals surface area contributed by atoms with Crippen molar-refractivity contribution in [1.82, 2.24) is 0 Å². The van der Waals surface area contributed by atoms with Crippen LogP contribution in [0.1, 0.15) is 18.1 Å². The zero-order valence-corrected chi connectivity index (χ0v) is 15.6. The van der Waals surface area contributed by atoms with Crippen molar-refractivity contribution in [3.05, 3.63) is 77.4 Å². The summed E-state index contributed by atoms with van der Waals surface area (Å²) in [6.07, 6.45) is -0.829. The molecule has 4 rings (SSSR count). The van der Waals surface area contributed by atoms with Gasteiger partial charge in [0.1, 0.15) is 17.7 Å². The molecule has 5 heteroatoms. The lowest BCUT2D eigenvalue weighted by Crippen LogP contribution is -2.33. The van der Waals surface area contributed by atoms with Crippen LogP contribution in [0.5, 0.6) is 0 Å². The van der Waals surface area contributed by atoms with Gasteiger partial charge in [-0.05, 0) is 11.1 Å². The summed E-state index contributed by atoms with van der Waals surface area (Å²) in [5.74, 6) is -0.383. The second-order valence-corrected chi connectivity index (χ2v) is 7.11. The highest BCUT2D eigenvalue weighted by Gasteiger charge is 2.48. The average Bonchev–Trinajstić information content (AvgIpc) is 3.30. The Balaban J connectivity index is 1.68. The summed E-state index contributed by atoms with van der Waals surface area (Å²) in [4.78, 5) is 13.0. The van der Waals surface area contributed by atoms with Gasteiger partial charge >= 0.3 is 5.97 Å². The molecular weight excluding hydrogens is 354 g/mol. The summed E-state index contributed by atoms with van der Waals surface area (Å²) in [7, 11) is 0. The first-order valence-electron chi connectivity index (χ1n) is 9.38. The number of carbonyl (C=O) groups is 1. The fraction of sp³-hybridized carbons (Fsp3) is 0.304. The maximum absolute atomic E-state index is 13.0. The Kier molecular flexibility index (Phi) is 5.25. The number of benzene rings is 2. The zero-order chi connectivity index (χ0) is 19.5. The highest BCUT2D eigenvalue weighted by molar-refractivity contribution is 6.05. The molecule has 28 heavy (non-hydrogen) atoms. The number of esters is 1. The number of ether oxygens (including phenoxy) is 3. The Morgan fingerprint density at radius 2 is 1.54 bits per heavy atom. The van der Waals surface area contributed by atoms with Gasteiger partial charge in [0.25, 0.3) is 0 Å². The lowest BCUT2D eigenvalue weighted by Gasteiger charge is -2.18. The first-order chi connectivity index (χ1) is 13.7. The molecule has 5 nitrogen and oxygen atoms in total. The monoisotopic (exact) mass is 375 g/mol. The maximum atomic E-state index is 13.0. The van der Waals surface area contributed by atoms with Crippen molar-refractivity contribution in [1.29, 1.82) is 5.26 Å². The van der Waals surface area contributed by atoms with Crippen molar-refractivity contribution in [2.24, 2.45) is 5.92 Å². The molecule has 4 atom stereocenters. The Hall–Kier alpha value is -2.94. The molecule has 2 aliphatic heterocycles. The van der Waals surface area contributed by atoms with Crippen LogP contribution in [0, 0.1) is 17.2 Å². The predicted molar refractivity (Wildman–Crippen MR) is 103 cm³/mol. The normalized spacial score (nSPS) is 25.6. The van der Waals surface area contributed by atoms with E-state index in [9.17, 15) is 10.1 Å². The quantitative estimate of drug-likeness (QED) is 0.466. The van der Waals surface area contributed by atoms with Crippen LogP contribution in [0.2, 0.25) is 0 Å². The Morgan fingerprint density at radius 1 is 0.964 bits per heavy atom. The van der Waals surface area contributed by atoms with Crippen LogP contribution in [0.15, 0.2) is 66.2 Å². The number of hydrogen-bond acceptors (Lipinski definition) is 5. The van der Waals surface area contributed by atoms with Crippen molar-refractivity contribution < 1.29 is 19.0 Å². The third kappa shape index (κ3) is 3.45. The first-order valence-corrected chi connectivity index (χ1v) is 9.38. The molecular formula is C23H21NO4. The van der Waals surface area contributed by atoms with Gasteiger partial charge in [-0.3, -0.25) is 0 Å². The van der Waals surface area contributed by atoms with E-state index in [-0.39, 0.29) is 30.3 Å². The smallest absolute Gasteiger partial charge is 0.350 e. The van der Waals surface area contributed by atoms with Gasteiger partial charge < -0.3 is 14.2 Å². The van der Waals surface area contributed by atoms with E-state index in [4.69, 9.17) is 14.2 Å². The fourth-order valence-electron chi connectivity index (χ4n) is 3.82. The number of fused-ring (bicyclic) bond motifs is 1. The molecule has 0 saturated carbocycles. The molecule has 142 valence electrons. The largest absolute Gasteiger partial charge is 0.453 e. The molecule has 2 saturated heterocycles. The van der Waals surface area contributed by atoms with Crippen LogP contribution >= 0.6 is 0 Å². The van der Waals surface area contributed by atoms with Gasteiger partial charge in [0, 0.05) is 11.5 Å². The topological polar surface area (TPSA) is 68.5 Å². The average molecular weight is 375 g/mol. The summed E-state index contributed by atoms with van der Waals surface area (Å²) < 4.78 is 17.2. The minimum atomic E-state index is -0.650. The van der Waals surface area contributed by atoms with E-state index in [1.165, 1.54) is 0 Å². The molecule has 2 aliphatic rings. The van der Waals surface area contributed by atoms with Gasteiger partial charge in [-0.25, -0.2) is 4.79 Å². The summed E-state index contributed by atoms with van der Waals surface area (Å²) in [5, 5.41) is 9.82. The molecule has 2 aromatic carbocycles. The van der Waals surface area contributed by atoms with Crippen LogP contribution in [-0.2, 0) is 19.0 Å². The molecule has 0 aliphatic carbocycles. The first kappa shape index (κ1) is 18.4. The molecule has 0 bridgehead atoms. The molecule has 4 unspecified atom stereocenters. The number of nitrogens with zero attached hydrogens (tertiary/aromatic N) is 1. The fourth-order valence-corrected chi connectivity index (χ4v) is 3.82. The lowest BCUT2D eigenvalue weighted by atomic mass is 9.93. The van der Waals surface area contributed by atoms with Crippen LogP contribution in [-0.4, -0.2) is 37.5 Å². The maximum Gasteiger partial charge on any atom is 0.350 e. The Morgan fingerprint density at radius 3 is 2.11 bits per heavy atom.